The fourth-order valence-corrected chi connectivity index (χ4v) is 2.69. The topological polar surface area (TPSA) is 72.8 Å². The molecule has 0 amide bonds. The van der Waals surface area contributed by atoms with E-state index < -0.39 is 10.1 Å². The van der Waals surface area contributed by atoms with E-state index in [9.17, 15) is 13.5 Å². The van der Waals surface area contributed by atoms with Crippen LogP contribution in [-0.4, -0.2) is 20.6 Å². The monoisotopic (exact) mass is 293 g/mol. The summed E-state index contributed by atoms with van der Waals surface area (Å²) in [6, 6.07) is 11.3. The number of ether oxygens (including phenoxy) is 1. The van der Waals surface area contributed by atoms with Crippen LogP contribution in [0.1, 0.15) is 5.56 Å². The number of phenolic OH excluding ortho intramolecular Hbond substituents is 1. The van der Waals surface area contributed by atoms with E-state index in [0.717, 1.165) is 0 Å². The van der Waals surface area contributed by atoms with Gasteiger partial charge in [0, 0.05) is 6.07 Å². The lowest BCUT2D eigenvalue weighted by Crippen LogP contribution is -2.10. The predicted molar refractivity (Wildman–Crippen MR) is 72.5 cm³/mol. The van der Waals surface area contributed by atoms with Crippen LogP contribution < -0.4 is 8.92 Å². The molecule has 105 valence electrons. The first-order valence-corrected chi connectivity index (χ1v) is 7.13. The molecule has 2 aromatic rings. The normalized spacial score (nSPS) is 11.1. The molecule has 0 saturated heterocycles. The molecule has 0 unspecified atom stereocenters. The number of methoxy groups -OCH3 is 1. The highest BCUT2D eigenvalue weighted by Gasteiger charge is 2.23. The summed E-state index contributed by atoms with van der Waals surface area (Å²) in [7, 11) is -2.72. The molecule has 0 spiro atoms. The van der Waals surface area contributed by atoms with Gasteiger partial charge >= 0.3 is 10.1 Å². The third-order valence-electron chi connectivity index (χ3n) is 2.64. The minimum Gasteiger partial charge on any atom is -0.506 e. The van der Waals surface area contributed by atoms with E-state index in [-0.39, 0.29) is 16.4 Å². The largest absolute Gasteiger partial charge is 0.506 e. The molecule has 0 bridgehead atoms. The molecule has 0 atom stereocenters. The zero-order chi connectivity index (χ0) is 14.8. The second-order valence-corrected chi connectivity index (χ2v) is 5.58. The molecular weight excluding hydrogens is 280 g/mol. The van der Waals surface area contributed by atoms with Gasteiger partial charge in [0.2, 0.25) is 0 Å². The van der Waals surface area contributed by atoms with Crippen LogP contribution in [0, 0.1) is 13.0 Å². The van der Waals surface area contributed by atoms with E-state index in [1.807, 2.05) is 0 Å². The summed E-state index contributed by atoms with van der Waals surface area (Å²) < 4.78 is 34.3. The molecule has 0 saturated carbocycles. The molecule has 5 nitrogen and oxygen atoms in total. The van der Waals surface area contributed by atoms with Gasteiger partial charge in [-0.2, -0.15) is 8.42 Å². The van der Waals surface area contributed by atoms with Gasteiger partial charge in [0.05, 0.1) is 7.11 Å². The lowest BCUT2D eigenvalue weighted by molar-refractivity contribution is 0.402. The molecular formula is C14H13O5S. The zero-order valence-electron chi connectivity index (χ0n) is 11.0. The maximum Gasteiger partial charge on any atom is 0.343 e. The number of hydrogen-bond acceptors (Lipinski definition) is 5. The summed E-state index contributed by atoms with van der Waals surface area (Å²) in [5.41, 5.74) is 0.623. The Labute approximate surface area is 117 Å². The third-order valence-corrected chi connectivity index (χ3v) is 3.92. The van der Waals surface area contributed by atoms with Crippen LogP contribution in [0.5, 0.6) is 17.2 Å². The molecule has 0 heterocycles. The van der Waals surface area contributed by atoms with Crippen molar-refractivity contribution in [1.82, 2.24) is 0 Å². The molecule has 0 fully saturated rings. The molecule has 2 aromatic carbocycles. The number of rotatable bonds is 4. The summed E-state index contributed by atoms with van der Waals surface area (Å²) in [6.07, 6.45) is 0. The van der Waals surface area contributed by atoms with Crippen molar-refractivity contribution in [2.24, 2.45) is 0 Å². The van der Waals surface area contributed by atoms with Crippen molar-refractivity contribution in [3.63, 3.8) is 0 Å². The van der Waals surface area contributed by atoms with Gasteiger partial charge in [-0.25, -0.2) is 0 Å². The van der Waals surface area contributed by atoms with Crippen LogP contribution in [0.15, 0.2) is 41.3 Å². The molecule has 2 rings (SSSR count). The summed E-state index contributed by atoms with van der Waals surface area (Å²) in [4.78, 5) is -0.340. The summed E-state index contributed by atoms with van der Waals surface area (Å²) in [6.45, 7) is 1.70. The van der Waals surface area contributed by atoms with Crippen molar-refractivity contribution >= 4 is 10.1 Å². The zero-order valence-corrected chi connectivity index (χ0v) is 11.8. The molecule has 0 aliphatic heterocycles. The van der Waals surface area contributed by atoms with Crippen LogP contribution >= 0.6 is 0 Å². The Morgan fingerprint density at radius 1 is 1.20 bits per heavy atom. The summed E-state index contributed by atoms with van der Waals surface area (Å²) in [5, 5.41) is 9.80. The van der Waals surface area contributed by atoms with E-state index in [1.165, 1.54) is 43.5 Å². The number of benzene rings is 2. The van der Waals surface area contributed by atoms with Crippen LogP contribution in [-0.2, 0) is 10.1 Å². The van der Waals surface area contributed by atoms with Crippen LogP contribution in [0.3, 0.4) is 0 Å². The second kappa shape index (κ2) is 5.42. The van der Waals surface area contributed by atoms with E-state index in [4.69, 9.17) is 8.92 Å². The van der Waals surface area contributed by atoms with Crippen molar-refractivity contribution < 1.29 is 22.4 Å². The van der Waals surface area contributed by atoms with Crippen molar-refractivity contribution in [3.8, 4) is 17.2 Å². The molecule has 0 aromatic heterocycles. The van der Waals surface area contributed by atoms with Crippen LogP contribution in [0.4, 0.5) is 0 Å². The van der Waals surface area contributed by atoms with Gasteiger partial charge in [0.25, 0.3) is 0 Å². The van der Waals surface area contributed by atoms with Crippen molar-refractivity contribution in [1.29, 1.82) is 0 Å². The maximum absolute atomic E-state index is 12.2. The van der Waals surface area contributed by atoms with E-state index in [1.54, 1.807) is 6.92 Å². The fourth-order valence-electron chi connectivity index (χ4n) is 1.67. The predicted octanol–water partition coefficient (Wildman–Crippen LogP) is 2.28. The Bertz CT molecular complexity index is 708. The van der Waals surface area contributed by atoms with Crippen molar-refractivity contribution in [2.45, 2.75) is 11.8 Å². The number of hydrogen-bond donors (Lipinski definition) is 1. The van der Waals surface area contributed by atoms with Crippen LogP contribution in [0.25, 0.3) is 0 Å². The lowest BCUT2D eigenvalue weighted by Gasteiger charge is -2.11. The van der Waals surface area contributed by atoms with Gasteiger partial charge in [-0.3, -0.25) is 0 Å². The minimum atomic E-state index is -4.14. The van der Waals surface area contributed by atoms with Gasteiger partial charge in [-0.15, -0.1) is 0 Å². The Morgan fingerprint density at radius 3 is 2.45 bits per heavy atom. The highest BCUT2D eigenvalue weighted by Crippen LogP contribution is 2.32. The number of aryl methyl sites for hydroxylation is 1. The summed E-state index contributed by atoms with van der Waals surface area (Å²) >= 11 is 0. The number of aromatic hydroxyl groups is 1. The standard InChI is InChI=1S/C14H13O5S/c1-10-8-12(15)14(9-13(10)18-2)20(16,17)19-11-6-4-3-5-7-11/h4-9,15H,1-2H3. The first kappa shape index (κ1) is 14.2. The maximum atomic E-state index is 12.2. The molecule has 1 radical (unpaired) electrons. The molecule has 6 heteroatoms. The lowest BCUT2D eigenvalue weighted by atomic mass is 10.2. The van der Waals surface area contributed by atoms with Gasteiger partial charge < -0.3 is 14.0 Å². The first-order valence-electron chi connectivity index (χ1n) is 5.72. The Kier molecular flexibility index (Phi) is 3.85. The minimum absolute atomic E-state index is 0.141. The smallest absolute Gasteiger partial charge is 0.343 e. The van der Waals surface area contributed by atoms with Gasteiger partial charge in [-0.1, -0.05) is 12.1 Å². The Balaban J connectivity index is 2.44. The molecule has 1 N–H and O–H groups in total. The fraction of sp³-hybridized carbons (Fsp3) is 0.143. The van der Waals surface area contributed by atoms with Gasteiger partial charge in [-0.05, 0) is 36.8 Å². The Morgan fingerprint density at radius 2 is 1.85 bits per heavy atom. The van der Waals surface area contributed by atoms with E-state index in [0.29, 0.717) is 11.3 Å². The van der Waals surface area contributed by atoms with E-state index in [2.05, 4.69) is 6.07 Å². The van der Waals surface area contributed by atoms with E-state index >= 15 is 0 Å². The molecule has 20 heavy (non-hydrogen) atoms. The number of phenols is 1. The average Bonchev–Trinajstić information content (AvgIpc) is 2.39. The van der Waals surface area contributed by atoms with Gasteiger partial charge in [0.15, 0.2) is 4.90 Å². The van der Waals surface area contributed by atoms with Crippen LogP contribution in [0.2, 0.25) is 0 Å². The quantitative estimate of drug-likeness (QED) is 0.875. The molecule has 0 aliphatic rings. The Hall–Kier alpha value is -2.21. The van der Waals surface area contributed by atoms with Crippen molar-refractivity contribution in [2.75, 3.05) is 7.11 Å². The first-order chi connectivity index (χ1) is 9.44. The van der Waals surface area contributed by atoms with Crippen molar-refractivity contribution in [3.05, 3.63) is 48.0 Å². The second-order valence-electron chi connectivity index (χ2n) is 4.06. The average molecular weight is 293 g/mol. The van der Waals surface area contributed by atoms with Gasteiger partial charge in [0.1, 0.15) is 17.2 Å². The summed E-state index contributed by atoms with van der Waals surface area (Å²) in [5.74, 6) is 0.111. The molecule has 0 aliphatic carbocycles. The third kappa shape index (κ3) is 2.85. The highest BCUT2D eigenvalue weighted by atomic mass is 32.2. The highest BCUT2D eigenvalue weighted by molar-refractivity contribution is 7.87. The SMILES string of the molecule is COc1cc(S(=O)(=O)Oc2cc[c]cc2)c(O)cc1C.